The van der Waals surface area contributed by atoms with E-state index in [1.807, 2.05) is 44.2 Å². The zero-order valence-electron chi connectivity index (χ0n) is 16.4. The van der Waals surface area contributed by atoms with Crippen LogP contribution in [0.3, 0.4) is 0 Å². The van der Waals surface area contributed by atoms with Crippen molar-refractivity contribution in [1.82, 2.24) is 9.55 Å². The Balaban J connectivity index is 2.08. The molecule has 9 nitrogen and oxygen atoms in total. The molecule has 154 valence electrons. The second-order valence-corrected chi connectivity index (χ2v) is 7.08. The third-order valence-electron chi connectivity index (χ3n) is 4.32. The van der Waals surface area contributed by atoms with E-state index in [1.54, 1.807) is 0 Å². The van der Waals surface area contributed by atoms with Crippen LogP contribution >= 0.6 is 0 Å². The molecule has 3 rings (SSSR count). The zero-order valence-corrected chi connectivity index (χ0v) is 16.4. The topological polar surface area (TPSA) is 120 Å². The highest BCUT2D eigenvalue weighted by Gasteiger charge is 2.29. The standard InChI is InChI=1S/C20H24N4O5/c1-13(2)10-23(19(26)15-12-28-8-9-29-15)16-17(21)24(20(27)22-18(16)25)11-14-6-4-3-5-7-14/h3-7,12-13H,8-11,21H2,1-2H3,(H,22,25,27). The predicted octanol–water partition coefficient (Wildman–Crippen LogP) is 1.04. The second kappa shape index (κ2) is 8.68. The molecule has 1 aliphatic rings. The molecule has 3 N–H and O–H groups in total. The lowest BCUT2D eigenvalue weighted by molar-refractivity contribution is -0.120. The quantitative estimate of drug-likeness (QED) is 0.748. The highest BCUT2D eigenvalue weighted by molar-refractivity contribution is 6.05. The molecule has 1 amide bonds. The van der Waals surface area contributed by atoms with Crippen LogP contribution in [0.15, 0.2) is 51.9 Å². The number of amides is 1. The molecule has 1 aromatic heterocycles. The predicted molar refractivity (Wildman–Crippen MR) is 108 cm³/mol. The van der Waals surface area contributed by atoms with Crippen LogP contribution in [0.1, 0.15) is 19.4 Å². The van der Waals surface area contributed by atoms with E-state index in [1.165, 1.54) is 15.7 Å². The number of nitrogens with two attached hydrogens (primary N) is 1. The summed E-state index contributed by atoms with van der Waals surface area (Å²) in [4.78, 5) is 41.6. The average Bonchev–Trinajstić information content (AvgIpc) is 2.71. The van der Waals surface area contributed by atoms with Crippen molar-refractivity contribution >= 4 is 17.4 Å². The van der Waals surface area contributed by atoms with Gasteiger partial charge in [-0.2, -0.15) is 0 Å². The minimum Gasteiger partial charge on any atom is -0.494 e. The summed E-state index contributed by atoms with van der Waals surface area (Å²) in [6, 6.07) is 9.21. The fourth-order valence-corrected chi connectivity index (χ4v) is 3.02. The first-order valence-electron chi connectivity index (χ1n) is 9.31. The number of H-pyrrole nitrogens is 1. The van der Waals surface area contributed by atoms with Crippen LogP contribution in [-0.2, 0) is 20.8 Å². The van der Waals surface area contributed by atoms with Crippen LogP contribution in [-0.4, -0.2) is 35.2 Å². The minimum absolute atomic E-state index is 0.0171. The van der Waals surface area contributed by atoms with E-state index in [4.69, 9.17) is 15.2 Å². The van der Waals surface area contributed by atoms with E-state index >= 15 is 0 Å². The Bertz CT molecular complexity index is 1020. The molecular formula is C20H24N4O5. The van der Waals surface area contributed by atoms with Gasteiger partial charge in [0, 0.05) is 6.54 Å². The van der Waals surface area contributed by atoms with E-state index < -0.39 is 17.2 Å². The molecule has 0 unspecified atom stereocenters. The van der Waals surface area contributed by atoms with Gasteiger partial charge in [0.2, 0.25) is 5.76 Å². The highest BCUT2D eigenvalue weighted by Crippen LogP contribution is 2.22. The van der Waals surface area contributed by atoms with Gasteiger partial charge in [0.05, 0.1) is 6.54 Å². The number of nitrogen functional groups attached to an aromatic ring is 1. The molecule has 0 fully saturated rings. The van der Waals surface area contributed by atoms with Crippen molar-refractivity contribution in [2.24, 2.45) is 5.92 Å². The number of aromatic amines is 1. The van der Waals surface area contributed by atoms with Crippen LogP contribution in [0.25, 0.3) is 0 Å². The van der Waals surface area contributed by atoms with Crippen LogP contribution in [0, 0.1) is 5.92 Å². The first-order chi connectivity index (χ1) is 13.9. The van der Waals surface area contributed by atoms with Crippen molar-refractivity contribution in [2.45, 2.75) is 20.4 Å². The number of hydrogen-bond donors (Lipinski definition) is 2. The molecular weight excluding hydrogens is 376 g/mol. The molecule has 2 aromatic rings. The summed E-state index contributed by atoms with van der Waals surface area (Å²) < 4.78 is 11.8. The smallest absolute Gasteiger partial charge is 0.330 e. The highest BCUT2D eigenvalue weighted by atomic mass is 16.6. The summed E-state index contributed by atoms with van der Waals surface area (Å²) >= 11 is 0. The number of carbonyl (C=O) groups is 1. The molecule has 0 radical (unpaired) electrons. The minimum atomic E-state index is -0.733. The van der Waals surface area contributed by atoms with Crippen LogP contribution in [0.4, 0.5) is 11.5 Å². The number of rotatable bonds is 6. The van der Waals surface area contributed by atoms with Gasteiger partial charge in [0.25, 0.3) is 11.5 Å². The Morgan fingerprint density at radius 3 is 2.59 bits per heavy atom. The Morgan fingerprint density at radius 1 is 1.24 bits per heavy atom. The Hall–Kier alpha value is -3.49. The lowest BCUT2D eigenvalue weighted by Gasteiger charge is -2.27. The second-order valence-electron chi connectivity index (χ2n) is 7.08. The third-order valence-corrected chi connectivity index (χ3v) is 4.32. The Morgan fingerprint density at radius 2 is 1.97 bits per heavy atom. The number of nitrogens with zero attached hydrogens (tertiary/aromatic N) is 2. The SMILES string of the molecule is CC(C)CN(C(=O)C1=COCCO1)c1c(N)n(Cc2ccccc2)c(=O)[nH]c1=O. The van der Waals surface area contributed by atoms with Gasteiger partial charge >= 0.3 is 5.69 Å². The van der Waals surface area contributed by atoms with Gasteiger partial charge in [-0.25, -0.2) is 4.79 Å². The first-order valence-corrected chi connectivity index (χ1v) is 9.31. The molecule has 0 spiro atoms. The summed E-state index contributed by atoms with van der Waals surface area (Å²) in [6.45, 7) is 4.73. The molecule has 0 atom stereocenters. The Kier molecular flexibility index (Phi) is 6.06. The van der Waals surface area contributed by atoms with Gasteiger partial charge in [-0.3, -0.25) is 24.0 Å². The van der Waals surface area contributed by atoms with Crippen molar-refractivity contribution in [3.05, 3.63) is 68.8 Å². The molecule has 1 aliphatic heterocycles. The van der Waals surface area contributed by atoms with Gasteiger partial charge in [-0.15, -0.1) is 0 Å². The molecule has 0 saturated heterocycles. The summed E-state index contributed by atoms with van der Waals surface area (Å²) in [6.07, 6.45) is 1.23. The van der Waals surface area contributed by atoms with Gasteiger partial charge in [0.1, 0.15) is 25.3 Å². The number of ether oxygens (including phenoxy) is 2. The van der Waals surface area contributed by atoms with Crippen molar-refractivity contribution in [3.63, 3.8) is 0 Å². The largest absolute Gasteiger partial charge is 0.494 e. The first kappa shape index (κ1) is 20.2. The van der Waals surface area contributed by atoms with Crippen molar-refractivity contribution in [1.29, 1.82) is 0 Å². The normalized spacial score (nSPS) is 13.4. The van der Waals surface area contributed by atoms with Crippen LogP contribution in [0.5, 0.6) is 0 Å². The maximum absolute atomic E-state index is 13.1. The van der Waals surface area contributed by atoms with Gasteiger partial charge in [-0.05, 0) is 11.5 Å². The fourth-order valence-electron chi connectivity index (χ4n) is 3.02. The Labute approximate surface area is 167 Å². The van der Waals surface area contributed by atoms with Gasteiger partial charge in [0.15, 0.2) is 5.69 Å². The molecule has 0 bridgehead atoms. The number of anilines is 2. The molecule has 1 aromatic carbocycles. The van der Waals surface area contributed by atoms with E-state index in [0.717, 1.165) is 5.56 Å². The number of benzene rings is 1. The molecule has 29 heavy (non-hydrogen) atoms. The lowest BCUT2D eigenvalue weighted by atomic mass is 10.2. The van der Waals surface area contributed by atoms with Crippen molar-refractivity contribution < 1.29 is 14.3 Å². The zero-order chi connectivity index (χ0) is 21.0. The number of aromatic nitrogens is 2. The van der Waals surface area contributed by atoms with Crippen molar-refractivity contribution in [3.8, 4) is 0 Å². The monoisotopic (exact) mass is 400 g/mol. The average molecular weight is 400 g/mol. The van der Waals surface area contributed by atoms with Gasteiger partial charge in [-0.1, -0.05) is 44.2 Å². The molecule has 0 aliphatic carbocycles. The van der Waals surface area contributed by atoms with E-state index in [2.05, 4.69) is 4.98 Å². The maximum atomic E-state index is 13.1. The van der Waals surface area contributed by atoms with Crippen molar-refractivity contribution in [2.75, 3.05) is 30.4 Å². The summed E-state index contributed by atoms with van der Waals surface area (Å²) in [5.74, 6) is -0.636. The summed E-state index contributed by atoms with van der Waals surface area (Å²) in [5.41, 5.74) is 5.59. The molecule has 0 saturated carbocycles. The maximum Gasteiger partial charge on any atom is 0.330 e. The molecule has 9 heteroatoms. The fraction of sp³-hybridized carbons (Fsp3) is 0.350. The molecule has 2 heterocycles. The summed E-state index contributed by atoms with van der Waals surface area (Å²) in [5, 5.41) is 0. The van der Waals surface area contributed by atoms with Crippen LogP contribution < -0.4 is 21.9 Å². The van der Waals surface area contributed by atoms with Crippen LogP contribution in [0.2, 0.25) is 0 Å². The third kappa shape index (κ3) is 4.50. The lowest BCUT2D eigenvalue weighted by Crippen LogP contribution is -2.44. The number of carbonyl (C=O) groups excluding carboxylic acids is 1. The number of nitrogens with one attached hydrogen (secondary N) is 1. The van der Waals surface area contributed by atoms with Gasteiger partial charge < -0.3 is 15.2 Å². The van der Waals surface area contributed by atoms with E-state index in [9.17, 15) is 14.4 Å². The number of hydrogen-bond acceptors (Lipinski definition) is 6. The van der Waals surface area contributed by atoms with E-state index in [-0.39, 0.29) is 42.9 Å². The van der Waals surface area contributed by atoms with E-state index in [0.29, 0.717) is 6.61 Å². The summed E-state index contributed by atoms with van der Waals surface area (Å²) in [7, 11) is 0.